The second kappa shape index (κ2) is 46.2. The Labute approximate surface area is 556 Å². The molecule has 0 amide bonds. The molecule has 0 fully saturated rings. The molecule has 0 bridgehead atoms. The second-order valence-corrected chi connectivity index (χ2v) is 31.5. The Kier molecular flexibility index (Phi) is 54.2. The summed E-state index contributed by atoms with van der Waals surface area (Å²) >= 11 is 22.4. The Bertz CT molecular complexity index is 2000. The minimum absolute atomic E-state index is 0. The van der Waals surface area contributed by atoms with E-state index in [9.17, 15) is 16.8 Å². The van der Waals surface area contributed by atoms with Crippen LogP contribution in [0.4, 0.5) is 11.6 Å². The molecule has 0 atom stereocenters. The summed E-state index contributed by atoms with van der Waals surface area (Å²) < 4.78 is 65.1. The normalized spacial score (nSPS) is 9.89. The molecule has 0 aliphatic rings. The van der Waals surface area contributed by atoms with Gasteiger partial charge in [0.25, 0.3) is 26.9 Å². The number of nitrogens with one attached hydrogen (secondary N) is 4. The number of halogens is 8. The van der Waals surface area contributed by atoms with E-state index in [2.05, 4.69) is 150 Å². The van der Waals surface area contributed by atoms with Gasteiger partial charge in [-0.1, -0.05) is 81.6 Å². The van der Waals surface area contributed by atoms with Crippen molar-refractivity contribution < 1.29 is 204 Å². The molecular formula is C31H41Br2ClCs2I5N8O11S2-. The molecule has 4 rings (SSSR count). The zero-order chi connectivity index (χ0) is 46.0. The first-order valence-electron chi connectivity index (χ1n) is 16.2. The van der Waals surface area contributed by atoms with Crippen molar-refractivity contribution in [3.05, 3.63) is 75.3 Å². The molecule has 62 heavy (non-hydrogen) atoms. The zero-order valence-corrected chi connectivity index (χ0v) is 62.2. The number of carbonyl (C=O) groups is 1. The van der Waals surface area contributed by atoms with Gasteiger partial charge in [-0.05, 0) is 48.2 Å². The van der Waals surface area contributed by atoms with Crippen LogP contribution < -0.4 is 180 Å². The van der Waals surface area contributed by atoms with Gasteiger partial charge in [0.2, 0.25) is 5.88 Å². The average Bonchev–Trinajstić information content (AvgIpc) is 3.23. The number of carbonyl (C=O) groups excluding carboxylic acids is 1. The van der Waals surface area contributed by atoms with Crippen LogP contribution in [0.25, 0.3) is 22.3 Å². The monoisotopic (exact) mass is 1860 g/mol. The Morgan fingerprint density at radius 3 is 1.48 bits per heavy atom. The van der Waals surface area contributed by atoms with E-state index in [1.165, 1.54) is 12.7 Å². The molecule has 0 saturated carbocycles. The van der Waals surface area contributed by atoms with Crippen molar-refractivity contribution in [1.82, 2.24) is 29.4 Å². The first-order chi connectivity index (χ1) is 28.6. The molecule has 0 spiro atoms. The fourth-order valence-corrected chi connectivity index (χ4v) is 6.37. The van der Waals surface area contributed by atoms with Crippen LogP contribution in [0.15, 0.2) is 70.1 Å². The summed E-state index contributed by atoms with van der Waals surface area (Å²) in [5, 5.41) is 32.8. The molecule has 342 valence electrons. The summed E-state index contributed by atoms with van der Waals surface area (Å²) in [5.74, 6) is 0.402. The molecular weight excluding hydrogens is 1820 g/mol. The minimum atomic E-state index is -3.78. The van der Waals surface area contributed by atoms with E-state index in [1.54, 1.807) is 24.3 Å². The number of rotatable bonds is 17. The van der Waals surface area contributed by atoms with Gasteiger partial charge in [0.05, 0.1) is 30.9 Å². The van der Waals surface area contributed by atoms with E-state index in [0.717, 1.165) is 8.95 Å². The summed E-state index contributed by atoms with van der Waals surface area (Å²) in [5.41, 5.74) is 2.20. The first-order valence-corrected chi connectivity index (χ1v) is 40.0. The number of hydrogen-bond donors (Lipinski definition) is 7. The SMILES string of the molecule is CCCNS(=O)(=O)Nc1ncnc(Cl)c1-c1ccc(Br)cc1.CCCNS(=O)(=O)Nc1ncnc(OCCO)c1-c1ccc(Br)cc1.II.I[I-]I.O=CO[O-].OCCO.[Cs+].[Cs+].[H-]. The van der Waals surface area contributed by atoms with E-state index in [-0.39, 0.29) is 195 Å². The van der Waals surface area contributed by atoms with Gasteiger partial charge in [0, 0.05) is 59.3 Å². The Morgan fingerprint density at radius 2 is 1.13 bits per heavy atom. The third-order valence-electron chi connectivity index (χ3n) is 5.89. The van der Waals surface area contributed by atoms with E-state index in [1.807, 2.05) is 38.1 Å². The van der Waals surface area contributed by atoms with Gasteiger partial charge >= 0.3 is 188 Å². The predicted molar refractivity (Wildman–Crippen MR) is 268 cm³/mol. The average molecular weight is 1860 g/mol. The summed E-state index contributed by atoms with van der Waals surface area (Å²) in [6, 6.07) is 14.4. The standard InChI is InChI=1S/C15H19BrN4O4S.C13H14BrClN4O2S.C2H6O2.CH2O3.2Cs.I3.I2.H/c1-2-7-19-25(22,23)20-14-13(11-3-5-12(16)6-4-11)15(18-10-17-14)24-9-8-21;1-2-7-18-22(20,21)19-13-11(12(15)16-8-17-13)9-3-5-10(14)6-4-9;3-1-2-4;2-1-4-3;;;1-3-2;1-2;/h3-6,10,19,21H,2,7-9H2,1H3,(H,17,18,20);3-6,8,18H,2,7H2,1H3,(H,16,17,19);3-4H,1-2H2;1,3H;;;;;/q;;;;2*+1;-1;;-1/p-1. The molecule has 0 unspecified atom stereocenters. The zero-order valence-electron chi connectivity index (χ0n) is 34.2. The van der Waals surface area contributed by atoms with Crippen molar-refractivity contribution in [2.75, 3.05) is 49.0 Å². The number of hydrogen-bond acceptors (Lipinski definition) is 15. The Morgan fingerprint density at radius 1 is 0.758 bits per heavy atom. The third kappa shape index (κ3) is 34.5. The van der Waals surface area contributed by atoms with Crippen molar-refractivity contribution >= 4 is 156 Å². The topological polar surface area (TPSA) is 287 Å². The number of aromatic nitrogens is 4. The molecule has 0 aliphatic carbocycles. The van der Waals surface area contributed by atoms with E-state index in [4.69, 9.17) is 41.7 Å². The fourth-order valence-electron chi connectivity index (χ4n) is 3.69. The van der Waals surface area contributed by atoms with Crippen LogP contribution in [0.5, 0.6) is 5.88 Å². The van der Waals surface area contributed by atoms with Gasteiger partial charge < -0.3 is 31.6 Å². The summed E-state index contributed by atoms with van der Waals surface area (Å²) in [4.78, 5) is 27.3. The Balaban J connectivity index is -0.000000270. The van der Waals surface area contributed by atoms with Crippen LogP contribution in [-0.2, 0) is 30.1 Å². The molecule has 7 N–H and O–H groups in total. The third-order valence-corrected chi connectivity index (χ3v) is 9.33. The van der Waals surface area contributed by atoms with Gasteiger partial charge in [0.15, 0.2) is 11.6 Å². The maximum absolute atomic E-state index is 12.2. The second-order valence-electron chi connectivity index (χ2n) is 10.1. The number of anilines is 2. The van der Waals surface area contributed by atoms with E-state index >= 15 is 0 Å². The van der Waals surface area contributed by atoms with Gasteiger partial charge in [0.1, 0.15) is 24.4 Å². The maximum Gasteiger partial charge on any atom is 1.00 e. The molecule has 2 aromatic carbocycles. The molecule has 2 heterocycles. The first kappa shape index (κ1) is 72.7. The number of aliphatic hydroxyl groups excluding tert-OH is 3. The molecule has 0 radical (unpaired) electrons. The van der Waals surface area contributed by atoms with E-state index < -0.39 is 20.4 Å². The van der Waals surface area contributed by atoms with Crippen molar-refractivity contribution in [3.8, 4) is 28.1 Å². The summed E-state index contributed by atoms with van der Waals surface area (Å²) in [6.07, 6.45) is 3.76. The number of aliphatic hydroxyl groups is 3. The quantitative estimate of drug-likeness (QED) is 0.0185. The van der Waals surface area contributed by atoms with Crippen LogP contribution in [0.1, 0.15) is 28.1 Å². The fraction of sp³-hybridized carbons (Fsp3) is 0.323. The summed E-state index contributed by atoms with van der Waals surface area (Å²) in [7, 11) is -7.49. The van der Waals surface area contributed by atoms with Gasteiger partial charge in [-0.3, -0.25) is 14.2 Å². The molecule has 19 nitrogen and oxygen atoms in total. The van der Waals surface area contributed by atoms with Crippen LogP contribution in [0, 0.1) is 0 Å². The van der Waals surface area contributed by atoms with Gasteiger partial charge in [-0.25, -0.2) is 19.9 Å². The Hall–Kier alpha value is 4.13. The minimum Gasteiger partial charge on any atom is -1.00 e. The van der Waals surface area contributed by atoms with Crippen molar-refractivity contribution in [2.24, 2.45) is 0 Å². The van der Waals surface area contributed by atoms with Crippen molar-refractivity contribution in [2.45, 2.75) is 26.7 Å². The number of nitrogens with zero attached hydrogens (tertiary/aromatic N) is 4. The van der Waals surface area contributed by atoms with Crippen LogP contribution in [0.2, 0.25) is 5.15 Å². The van der Waals surface area contributed by atoms with Crippen LogP contribution in [0.3, 0.4) is 0 Å². The van der Waals surface area contributed by atoms with Crippen molar-refractivity contribution in [1.29, 1.82) is 0 Å². The molecule has 31 heteroatoms. The number of ether oxygens (including phenoxy) is 1. The maximum atomic E-state index is 12.2. The largest absolute Gasteiger partial charge is 1.00 e. The van der Waals surface area contributed by atoms with Crippen molar-refractivity contribution in [3.63, 3.8) is 0 Å². The predicted octanol–water partition coefficient (Wildman–Crippen LogP) is -2.78. The molecule has 0 aliphatic heterocycles. The molecule has 4 aromatic rings. The van der Waals surface area contributed by atoms with Gasteiger partial charge in [-0.15, -0.1) is 0 Å². The van der Waals surface area contributed by atoms with Gasteiger partial charge in [-0.2, -0.15) is 26.3 Å². The van der Waals surface area contributed by atoms with E-state index in [0.29, 0.717) is 61.4 Å². The van der Waals surface area contributed by atoms with Crippen LogP contribution in [-0.4, -0.2) is 98.1 Å². The smallest absolute Gasteiger partial charge is 1.00 e. The number of benzene rings is 2. The van der Waals surface area contributed by atoms with Crippen LogP contribution >= 0.6 is 118 Å². The molecule has 0 saturated heterocycles. The molecule has 2 aromatic heterocycles. The summed E-state index contributed by atoms with van der Waals surface area (Å²) in [6.45, 7) is 3.78.